The maximum Gasteiger partial charge on any atom is 0.107 e. The normalized spacial score (nSPS) is 38.8. The van der Waals surface area contributed by atoms with Gasteiger partial charge in [0, 0.05) is 19.2 Å². The first-order valence-corrected chi connectivity index (χ1v) is 5.82. The second kappa shape index (κ2) is 4.60. The van der Waals surface area contributed by atoms with Crippen LogP contribution >= 0.6 is 0 Å². The molecule has 2 rings (SSSR count). The molecule has 0 aromatic heterocycles. The Balaban J connectivity index is 2.02. The van der Waals surface area contributed by atoms with E-state index in [2.05, 4.69) is 12.2 Å². The van der Waals surface area contributed by atoms with Crippen LogP contribution in [0.5, 0.6) is 0 Å². The molecule has 0 aromatic carbocycles. The highest BCUT2D eigenvalue weighted by atomic mass is 16.5. The van der Waals surface area contributed by atoms with E-state index in [1.165, 1.54) is 12.8 Å². The average molecular weight is 199 g/mol. The summed E-state index contributed by atoms with van der Waals surface area (Å²) in [6, 6.07) is 0.501. The lowest BCUT2D eigenvalue weighted by atomic mass is 9.84. The van der Waals surface area contributed by atoms with E-state index < -0.39 is 0 Å². The first-order valence-electron chi connectivity index (χ1n) is 5.82. The zero-order valence-corrected chi connectivity index (χ0v) is 9.05. The van der Waals surface area contributed by atoms with E-state index in [9.17, 15) is 0 Å². The Morgan fingerprint density at radius 1 is 1.43 bits per heavy atom. The van der Waals surface area contributed by atoms with E-state index in [0.717, 1.165) is 39.2 Å². The third kappa shape index (κ3) is 1.95. The van der Waals surface area contributed by atoms with Gasteiger partial charge < -0.3 is 14.8 Å². The fourth-order valence-corrected chi connectivity index (χ4v) is 2.61. The van der Waals surface area contributed by atoms with Crippen molar-refractivity contribution in [3.05, 3.63) is 0 Å². The lowest BCUT2D eigenvalue weighted by Gasteiger charge is -2.46. The van der Waals surface area contributed by atoms with Crippen LogP contribution in [0.4, 0.5) is 0 Å². The van der Waals surface area contributed by atoms with Crippen molar-refractivity contribution < 1.29 is 9.47 Å². The molecule has 0 aromatic rings. The molecule has 3 nitrogen and oxygen atoms in total. The van der Waals surface area contributed by atoms with Crippen molar-refractivity contribution in [2.45, 2.75) is 44.2 Å². The van der Waals surface area contributed by atoms with Crippen molar-refractivity contribution in [1.29, 1.82) is 0 Å². The first-order chi connectivity index (χ1) is 6.87. The van der Waals surface area contributed by atoms with Crippen molar-refractivity contribution in [3.63, 3.8) is 0 Å². The molecule has 82 valence electrons. The Kier molecular flexibility index (Phi) is 3.42. The third-order valence-electron chi connectivity index (χ3n) is 3.33. The Morgan fingerprint density at radius 2 is 2.36 bits per heavy atom. The molecule has 0 aliphatic carbocycles. The summed E-state index contributed by atoms with van der Waals surface area (Å²) in [5.74, 6) is 0. The Bertz CT molecular complexity index is 168. The predicted molar refractivity (Wildman–Crippen MR) is 55.4 cm³/mol. The van der Waals surface area contributed by atoms with Gasteiger partial charge in [0.1, 0.15) is 5.60 Å². The van der Waals surface area contributed by atoms with Gasteiger partial charge in [-0.3, -0.25) is 0 Å². The van der Waals surface area contributed by atoms with Crippen molar-refractivity contribution in [2.24, 2.45) is 0 Å². The summed E-state index contributed by atoms with van der Waals surface area (Å²) in [5, 5.41) is 3.58. The molecule has 1 spiro atoms. The van der Waals surface area contributed by atoms with E-state index >= 15 is 0 Å². The van der Waals surface area contributed by atoms with E-state index in [0.29, 0.717) is 6.04 Å². The van der Waals surface area contributed by atoms with Crippen molar-refractivity contribution in [3.8, 4) is 0 Å². The van der Waals surface area contributed by atoms with Gasteiger partial charge in [0.15, 0.2) is 0 Å². The number of rotatable bonds is 2. The van der Waals surface area contributed by atoms with Crippen molar-refractivity contribution in [1.82, 2.24) is 5.32 Å². The molecule has 2 heterocycles. The molecule has 2 fully saturated rings. The van der Waals surface area contributed by atoms with E-state index in [1.54, 1.807) is 0 Å². The quantitative estimate of drug-likeness (QED) is 0.727. The molecule has 3 heteroatoms. The minimum absolute atomic E-state index is 0.00743. The predicted octanol–water partition coefficient (Wildman–Crippen LogP) is 1.32. The highest BCUT2D eigenvalue weighted by Gasteiger charge is 2.42. The van der Waals surface area contributed by atoms with Crippen LogP contribution in [0.3, 0.4) is 0 Å². The molecule has 2 atom stereocenters. The second-order valence-corrected chi connectivity index (χ2v) is 4.36. The third-order valence-corrected chi connectivity index (χ3v) is 3.33. The number of morpholine rings is 1. The number of hydrogen-bond acceptors (Lipinski definition) is 3. The highest BCUT2D eigenvalue weighted by Crippen LogP contribution is 2.31. The lowest BCUT2D eigenvalue weighted by molar-refractivity contribution is -0.164. The van der Waals surface area contributed by atoms with Gasteiger partial charge in [0.05, 0.1) is 13.2 Å². The SMILES string of the molecule is CCCC1NCCOC12CCCOC2. The van der Waals surface area contributed by atoms with Crippen LogP contribution in [0, 0.1) is 0 Å². The van der Waals surface area contributed by atoms with Gasteiger partial charge in [0.25, 0.3) is 0 Å². The smallest absolute Gasteiger partial charge is 0.107 e. The van der Waals surface area contributed by atoms with Gasteiger partial charge in [-0.2, -0.15) is 0 Å². The van der Waals surface area contributed by atoms with Crippen LogP contribution in [0.2, 0.25) is 0 Å². The Hall–Kier alpha value is -0.120. The lowest BCUT2D eigenvalue weighted by Crippen LogP contribution is -2.61. The Labute approximate surface area is 86.2 Å². The Morgan fingerprint density at radius 3 is 3.07 bits per heavy atom. The van der Waals surface area contributed by atoms with Crippen molar-refractivity contribution in [2.75, 3.05) is 26.4 Å². The van der Waals surface area contributed by atoms with Gasteiger partial charge in [-0.1, -0.05) is 13.3 Å². The standard InChI is InChI=1S/C11H21NO2/c1-2-4-10-11(14-8-6-12-10)5-3-7-13-9-11/h10,12H,2-9H2,1H3. The molecule has 2 unspecified atom stereocenters. The summed E-state index contributed by atoms with van der Waals surface area (Å²) in [6.07, 6.45) is 4.71. The molecule has 0 amide bonds. The molecule has 1 N–H and O–H groups in total. The summed E-state index contributed by atoms with van der Waals surface area (Å²) < 4.78 is 11.6. The van der Waals surface area contributed by atoms with Crippen LogP contribution in [-0.2, 0) is 9.47 Å². The van der Waals surface area contributed by atoms with Gasteiger partial charge in [-0.05, 0) is 19.3 Å². The van der Waals surface area contributed by atoms with E-state index in [-0.39, 0.29) is 5.60 Å². The average Bonchev–Trinajstić information content (AvgIpc) is 2.23. The minimum atomic E-state index is -0.00743. The van der Waals surface area contributed by atoms with Gasteiger partial charge in [0.2, 0.25) is 0 Å². The number of nitrogens with one attached hydrogen (secondary N) is 1. The first kappa shape index (κ1) is 10.4. The monoisotopic (exact) mass is 199 g/mol. The highest BCUT2D eigenvalue weighted by molar-refractivity contribution is 4.97. The van der Waals surface area contributed by atoms with Crippen molar-refractivity contribution >= 4 is 0 Å². The molecule has 0 bridgehead atoms. The van der Waals surface area contributed by atoms with Crippen LogP contribution in [0.25, 0.3) is 0 Å². The zero-order valence-electron chi connectivity index (χ0n) is 9.05. The maximum absolute atomic E-state index is 5.98. The van der Waals surface area contributed by atoms with Gasteiger partial charge >= 0.3 is 0 Å². The molecule has 2 aliphatic heterocycles. The van der Waals surface area contributed by atoms with E-state index in [4.69, 9.17) is 9.47 Å². The van der Waals surface area contributed by atoms with Crippen LogP contribution in [0.15, 0.2) is 0 Å². The van der Waals surface area contributed by atoms with Crippen LogP contribution < -0.4 is 5.32 Å². The molecular weight excluding hydrogens is 178 g/mol. The molecule has 2 aliphatic rings. The van der Waals surface area contributed by atoms with Crippen LogP contribution in [-0.4, -0.2) is 38.0 Å². The fraction of sp³-hybridized carbons (Fsp3) is 1.00. The molecule has 0 saturated carbocycles. The minimum Gasteiger partial charge on any atom is -0.378 e. The summed E-state index contributed by atoms with van der Waals surface area (Å²) in [4.78, 5) is 0. The fourth-order valence-electron chi connectivity index (χ4n) is 2.61. The molecule has 14 heavy (non-hydrogen) atoms. The number of ether oxygens (including phenoxy) is 2. The zero-order chi connectivity index (χ0) is 9.86. The van der Waals surface area contributed by atoms with E-state index in [1.807, 2.05) is 0 Å². The van der Waals surface area contributed by atoms with Gasteiger partial charge in [-0.15, -0.1) is 0 Å². The topological polar surface area (TPSA) is 30.5 Å². The number of hydrogen-bond donors (Lipinski definition) is 1. The van der Waals surface area contributed by atoms with Gasteiger partial charge in [-0.25, -0.2) is 0 Å². The molecular formula is C11H21NO2. The maximum atomic E-state index is 5.98. The summed E-state index contributed by atoms with van der Waals surface area (Å²) in [5.41, 5.74) is -0.00743. The molecule has 0 radical (unpaired) electrons. The largest absolute Gasteiger partial charge is 0.378 e. The summed E-state index contributed by atoms with van der Waals surface area (Å²) in [6.45, 7) is 5.75. The summed E-state index contributed by atoms with van der Waals surface area (Å²) in [7, 11) is 0. The molecule has 2 saturated heterocycles. The summed E-state index contributed by atoms with van der Waals surface area (Å²) >= 11 is 0. The second-order valence-electron chi connectivity index (χ2n) is 4.36. The van der Waals surface area contributed by atoms with Crippen LogP contribution in [0.1, 0.15) is 32.6 Å².